The predicted octanol–water partition coefficient (Wildman–Crippen LogP) is 3.48. The van der Waals surface area contributed by atoms with E-state index in [4.69, 9.17) is 0 Å². The van der Waals surface area contributed by atoms with Gasteiger partial charge in [0.05, 0.1) is 6.04 Å². The smallest absolute Gasteiger partial charge is 0.213 e. The number of carbonyl (C=O) groups excluding carboxylic acids is 1. The molecule has 0 amide bonds. The molecular formula is C23H24N4O. The van der Waals surface area contributed by atoms with Gasteiger partial charge in [0.2, 0.25) is 5.78 Å². The van der Waals surface area contributed by atoms with Gasteiger partial charge in [-0.15, -0.1) is 0 Å². The van der Waals surface area contributed by atoms with Crippen LogP contribution in [0.15, 0.2) is 60.8 Å². The molecule has 0 aliphatic carbocycles. The fourth-order valence-electron chi connectivity index (χ4n) is 3.73. The number of carbonyl (C=O) groups is 1. The molecule has 1 N–H and O–H groups in total. The molecule has 4 rings (SSSR count). The van der Waals surface area contributed by atoms with Gasteiger partial charge in [0.15, 0.2) is 0 Å². The van der Waals surface area contributed by atoms with E-state index in [1.54, 1.807) is 24.4 Å². The Morgan fingerprint density at radius 1 is 1.07 bits per heavy atom. The molecule has 1 aliphatic rings. The summed E-state index contributed by atoms with van der Waals surface area (Å²) in [6, 6.07) is 18.0. The van der Waals surface area contributed by atoms with Gasteiger partial charge < -0.3 is 10.2 Å². The van der Waals surface area contributed by atoms with Crippen LogP contribution in [0.5, 0.6) is 0 Å². The molecule has 1 fully saturated rings. The van der Waals surface area contributed by atoms with Crippen molar-refractivity contribution in [2.24, 2.45) is 0 Å². The number of nitrogens with zero attached hydrogens (tertiary/aromatic N) is 3. The summed E-state index contributed by atoms with van der Waals surface area (Å²) in [7, 11) is 0. The van der Waals surface area contributed by atoms with Gasteiger partial charge in [0.1, 0.15) is 11.5 Å². The van der Waals surface area contributed by atoms with Gasteiger partial charge in [-0.1, -0.05) is 30.3 Å². The van der Waals surface area contributed by atoms with Crippen molar-refractivity contribution in [3.8, 4) is 0 Å². The van der Waals surface area contributed by atoms with Gasteiger partial charge in [-0.3, -0.25) is 9.78 Å². The first kappa shape index (κ1) is 18.3. The largest absolute Gasteiger partial charge is 0.353 e. The standard InChI is InChI=1S/C23H24N4O/c1-16-7-3-4-8-18(16)21-15-27(14-13-25-21)22-11-5-10-20(26-22)23(28)19-9-6-12-24-17(19)2/h3-12,21,25H,13-15H2,1-2H3. The molecule has 0 spiro atoms. The summed E-state index contributed by atoms with van der Waals surface area (Å²) in [5.41, 5.74) is 4.38. The number of aromatic nitrogens is 2. The minimum Gasteiger partial charge on any atom is -0.353 e. The second-order valence-corrected chi connectivity index (χ2v) is 7.16. The van der Waals surface area contributed by atoms with Gasteiger partial charge in [-0.05, 0) is 49.2 Å². The number of nitrogens with one attached hydrogen (secondary N) is 1. The maximum Gasteiger partial charge on any atom is 0.213 e. The summed E-state index contributed by atoms with van der Waals surface area (Å²) in [6.07, 6.45) is 1.70. The van der Waals surface area contributed by atoms with Gasteiger partial charge in [-0.25, -0.2) is 4.98 Å². The quantitative estimate of drug-likeness (QED) is 0.711. The number of anilines is 1. The second kappa shape index (κ2) is 7.90. The number of piperazine rings is 1. The third kappa shape index (κ3) is 3.66. The lowest BCUT2D eigenvalue weighted by atomic mass is 9.99. The molecule has 142 valence electrons. The van der Waals surface area contributed by atoms with Gasteiger partial charge in [0.25, 0.3) is 0 Å². The lowest BCUT2D eigenvalue weighted by Crippen LogP contribution is -2.46. The first-order valence-corrected chi connectivity index (χ1v) is 9.61. The van der Waals surface area contributed by atoms with Crippen LogP contribution in [-0.4, -0.2) is 35.4 Å². The van der Waals surface area contributed by atoms with Crippen LogP contribution >= 0.6 is 0 Å². The Balaban J connectivity index is 1.58. The number of aryl methyl sites for hydroxylation is 2. The van der Waals surface area contributed by atoms with Gasteiger partial charge in [-0.2, -0.15) is 0 Å². The van der Waals surface area contributed by atoms with Crippen LogP contribution in [0.3, 0.4) is 0 Å². The van der Waals surface area contributed by atoms with Crippen molar-refractivity contribution in [2.45, 2.75) is 19.9 Å². The highest BCUT2D eigenvalue weighted by Crippen LogP contribution is 2.24. The van der Waals surface area contributed by atoms with Crippen molar-refractivity contribution in [1.82, 2.24) is 15.3 Å². The number of rotatable bonds is 4. The number of pyridine rings is 2. The van der Waals surface area contributed by atoms with Crippen molar-refractivity contribution in [1.29, 1.82) is 0 Å². The molecule has 1 unspecified atom stereocenters. The van der Waals surface area contributed by atoms with E-state index >= 15 is 0 Å². The number of hydrogen-bond donors (Lipinski definition) is 1. The number of hydrogen-bond acceptors (Lipinski definition) is 5. The van der Waals surface area contributed by atoms with Gasteiger partial charge in [0, 0.05) is 37.1 Å². The average molecular weight is 372 g/mol. The van der Waals surface area contributed by atoms with Crippen LogP contribution in [0.2, 0.25) is 0 Å². The van der Waals surface area contributed by atoms with E-state index in [2.05, 4.69) is 51.4 Å². The maximum absolute atomic E-state index is 12.9. The molecule has 1 aliphatic heterocycles. The Labute approximate surface area is 165 Å². The van der Waals surface area contributed by atoms with Crippen LogP contribution in [0.1, 0.15) is 38.9 Å². The molecule has 5 heteroatoms. The molecule has 0 saturated carbocycles. The third-order valence-corrected chi connectivity index (χ3v) is 5.28. The summed E-state index contributed by atoms with van der Waals surface area (Å²) in [5, 5.41) is 3.60. The van der Waals surface area contributed by atoms with E-state index in [0.29, 0.717) is 11.3 Å². The molecule has 2 aromatic heterocycles. The molecule has 1 aromatic carbocycles. The molecule has 3 heterocycles. The van der Waals surface area contributed by atoms with E-state index < -0.39 is 0 Å². The fraction of sp³-hybridized carbons (Fsp3) is 0.261. The molecule has 5 nitrogen and oxygen atoms in total. The molecule has 28 heavy (non-hydrogen) atoms. The fourth-order valence-corrected chi connectivity index (χ4v) is 3.73. The normalized spacial score (nSPS) is 16.8. The van der Waals surface area contributed by atoms with Crippen molar-refractivity contribution >= 4 is 11.6 Å². The monoisotopic (exact) mass is 372 g/mol. The zero-order valence-corrected chi connectivity index (χ0v) is 16.2. The zero-order valence-electron chi connectivity index (χ0n) is 16.2. The van der Waals surface area contributed by atoms with Crippen molar-refractivity contribution in [2.75, 3.05) is 24.5 Å². The first-order chi connectivity index (χ1) is 13.6. The highest BCUT2D eigenvalue weighted by molar-refractivity contribution is 6.08. The Kier molecular flexibility index (Phi) is 5.17. The van der Waals surface area contributed by atoms with Crippen LogP contribution in [0.4, 0.5) is 5.82 Å². The molecule has 1 atom stereocenters. The molecule has 3 aromatic rings. The van der Waals surface area contributed by atoms with Crippen molar-refractivity contribution in [3.63, 3.8) is 0 Å². The molecular weight excluding hydrogens is 348 g/mol. The Morgan fingerprint density at radius 2 is 1.93 bits per heavy atom. The Hall–Kier alpha value is -3.05. The molecule has 0 bridgehead atoms. The average Bonchev–Trinajstić information content (AvgIpc) is 2.74. The van der Waals surface area contributed by atoms with Crippen LogP contribution < -0.4 is 10.2 Å². The summed E-state index contributed by atoms with van der Waals surface area (Å²) < 4.78 is 0. The van der Waals surface area contributed by atoms with Gasteiger partial charge >= 0.3 is 0 Å². The SMILES string of the molecule is Cc1ccccc1C1CN(c2cccc(C(=O)c3cccnc3C)n2)CCN1. The summed E-state index contributed by atoms with van der Waals surface area (Å²) in [5.74, 6) is 0.755. The summed E-state index contributed by atoms with van der Waals surface area (Å²) in [4.78, 5) is 24.1. The Bertz CT molecular complexity index is 1000. The summed E-state index contributed by atoms with van der Waals surface area (Å²) in [6.45, 7) is 6.55. The van der Waals surface area contributed by atoms with E-state index in [9.17, 15) is 4.79 Å². The summed E-state index contributed by atoms with van der Waals surface area (Å²) >= 11 is 0. The van der Waals surface area contributed by atoms with Crippen LogP contribution in [0, 0.1) is 13.8 Å². The van der Waals surface area contributed by atoms with Crippen LogP contribution in [-0.2, 0) is 0 Å². The maximum atomic E-state index is 12.9. The number of ketones is 1. The molecule has 0 radical (unpaired) electrons. The molecule has 1 saturated heterocycles. The predicted molar refractivity (Wildman–Crippen MR) is 111 cm³/mol. The van der Waals surface area contributed by atoms with Crippen molar-refractivity contribution in [3.05, 3.63) is 88.9 Å². The highest BCUT2D eigenvalue weighted by atomic mass is 16.1. The highest BCUT2D eigenvalue weighted by Gasteiger charge is 2.23. The zero-order chi connectivity index (χ0) is 19.5. The lowest BCUT2D eigenvalue weighted by molar-refractivity contribution is 0.103. The van der Waals surface area contributed by atoms with Crippen LogP contribution in [0.25, 0.3) is 0 Å². The van der Waals surface area contributed by atoms with E-state index in [1.807, 2.05) is 19.1 Å². The third-order valence-electron chi connectivity index (χ3n) is 5.28. The minimum absolute atomic E-state index is 0.0851. The number of benzene rings is 1. The topological polar surface area (TPSA) is 58.1 Å². The van der Waals surface area contributed by atoms with E-state index in [-0.39, 0.29) is 11.8 Å². The Morgan fingerprint density at radius 3 is 2.75 bits per heavy atom. The van der Waals surface area contributed by atoms with Crippen molar-refractivity contribution < 1.29 is 4.79 Å². The first-order valence-electron chi connectivity index (χ1n) is 9.61. The minimum atomic E-state index is -0.0851. The van der Waals surface area contributed by atoms with E-state index in [1.165, 1.54) is 11.1 Å². The lowest BCUT2D eigenvalue weighted by Gasteiger charge is -2.35. The second-order valence-electron chi connectivity index (χ2n) is 7.16. The van der Waals surface area contributed by atoms with E-state index in [0.717, 1.165) is 31.1 Å².